The molecule has 23 heavy (non-hydrogen) atoms. The van der Waals surface area contributed by atoms with E-state index in [1.54, 1.807) is 36.4 Å². The molecule has 5 nitrogen and oxygen atoms in total. The molecule has 0 aliphatic heterocycles. The predicted molar refractivity (Wildman–Crippen MR) is 89.5 cm³/mol. The predicted octanol–water partition coefficient (Wildman–Crippen LogP) is 3.03. The number of carbonyl (C=O) groups excluding carboxylic acids is 3. The summed E-state index contributed by atoms with van der Waals surface area (Å²) in [5, 5.41) is 5.11. The first-order valence-electron chi connectivity index (χ1n) is 7.32. The molecular formula is C18H18N2O3. The zero-order chi connectivity index (χ0) is 16.8. The molecule has 0 aliphatic carbocycles. The van der Waals surface area contributed by atoms with Gasteiger partial charge in [-0.1, -0.05) is 25.1 Å². The zero-order valence-electron chi connectivity index (χ0n) is 13.1. The summed E-state index contributed by atoms with van der Waals surface area (Å²) in [5.74, 6) is -1.55. The molecule has 0 fully saturated rings. The number of para-hydroxylation sites is 1. The summed E-state index contributed by atoms with van der Waals surface area (Å²) in [7, 11) is 0. The molecule has 2 amide bonds. The summed E-state index contributed by atoms with van der Waals surface area (Å²) in [6.45, 7) is 3.44. The molecule has 2 aromatic carbocycles. The van der Waals surface area contributed by atoms with Gasteiger partial charge in [0.1, 0.15) is 0 Å². The van der Waals surface area contributed by atoms with E-state index in [9.17, 15) is 14.4 Å². The van der Waals surface area contributed by atoms with Gasteiger partial charge in [0.2, 0.25) is 0 Å². The van der Waals surface area contributed by atoms with Crippen molar-refractivity contribution in [3.05, 3.63) is 59.7 Å². The lowest BCUT2D eigenvalue weighted by Gasteiger charge is -2.10. The fourth-order valence-corrected chi connectivity index (χ4v) is 2.11. The Hall–Kier alpha value is -2.95. The Labute approximate surface area is 134 Å². The van der Waals surface area contributed by atoms with Crippen molar-refractivity contribution in [1.82, 2.24) is 0 Å². The van der Waals surface area contributed by atoms with Crippen LogP contribution in [0.3, 0.4) is 0 Å². The second-order valence-corrected chi connectivity index (χ2v) is 5.05. The number of nitrogens with one attached hydrogen (secondary N) is 2. The van der Waals surface area contributed by atoms with Crippen molar-refractivity contribution < 1.29 is 14.4 Å². The molecule has 0 saturated heterocycles. The molecular weight excluding hydrogens is 292 g/mol. The van der Waals surface area contributed by atoms with Gasteiger partial charge in [-0.15, -0.1) is 0 Å². The summed E-state index contributed by atoms with van der Waals surface area (Å²) in [6.07, 6.45) is 0.755. The lowest BCUT2D eigenvalue weighted by atomic mass is 10.1. The summed E-state index contributed by atoms with van der Waals surface area (Å²) >= 11 is 0. The van der Waals surface area contributed by atoms with Crippen molar-refractivity contribution in [3.63, 3.8) is 0 Å². The normalized spacial score (nSPS) is 10.0. The van der Waals surface area contributed by atoms with Crippen LogP contribution < -0.4 is 10.6 Å². The van der Waals surface area contributed by atoms with E-state index in [1.165, 1.54) is 6.92 Å². The van der Waals surface area contributed by atoms with E-state index < -0.39 is 11.8 Å². The number of Topliss-reactive ketones (excluding diaryl/α,β-unsaturated/α-hetero) is 1. The molecule has 0 bridgehead atoms. The number of amides is 2. The average molecular weight is 310 g/mol. The van der Waals surface area contributed by atoms with E-state index in [2.05, 4.69) is 10.6 Å². The van der Waals surface area contributed by atoms with Gasteiger partial charge >= 0.3 is 11.8 Å². The highest BCUT2D eigenvalue weighted by molar-refractivity contribution is 6.43. The first kappa shape index (κ1) is 16.4. The maximum atomic E-state index is 12.0. The van der Waals surface area contributed by atoms with Crippen LogP contribution in [0.15, 0.2) is 48.5 Å². The Bertz CT molecular complexity index is 736. The number of carbonyl (C=O) groups is 3. The SMILES string of the molecule is CCc1ccccc1NC(=O)C(=O)Nc1ccc(C(C)=O)cc1. The molecule has 0 aromatic heterocycles. The Balaban J connectivity index is 2.02. The van der Waals surface area contributed by atoms with Gasteiger partial charge in [-0.2, -0.15) is 0 Å². The number of aryl methyl sites for hydroxylation is 1. The fourth-order valence-electron chi connectivity index (χ4n) is 2.11. The third kappa shape index (κ3) is 4.26. The smallest absolute Gasteiger partial charge is 0.314 e. The lowest BCUT2D eigenvalue weighted by molar-refractivity contribution is -0.133. The van der Waals surface area contributed by atoms with Crippen molar-refractivity contribution in [2.75, 3.05) is 10.6 Å². The van der Waals surface area contributed by atoms with E-state index in [0.29, 0.717) is 16.9 Å². The highest BCUT2D eigenvalue weighted by Crippen LogP contribution is 2.15. The third-order valence-electron chi connectivity index (χ3n) is 3.40. The van der Waals surface area contributed by atoms with Gasteiger partial charge in [0.25, 0.3) is 0 Å². The second-order valence-electron chi connectivity index (χ2n) is 5.05. The maximum Gasteiger partial charge on any atom is 0.314 e. The van der Waals surface area contributed by atoms with Crippen LogP contribution >= 0.6 is 0 Å². The average Bonchev–Trinajstić information content (AvgIpc) is 2.55. The van der Waals surface area contributed by atoms with E-state index in [1.807, 2.05) is 19.1 Å². The van der Waals surface area contributed by atoms with Crippen LogP contribution in [-0.4, -0.2) is 17.6 Å². The van der Waals surface area contributed by atoms with Crippen molar-refractivity contribution in [2.24, 2.45) is 0 Å². The van der Waals surface area contributed by atoms with Crippen molar-refractivity contribution >= 4 is 29.0 Å². The molecule has 2 aromatic rings. The number of rotatable bonds is 4. The second kappa shape index (κ2) is 7.35. The molecule has 2 N–H and O–H groups in total. The lowest BCUT2D eigenvalue weighted by Crippen LogP contribution is -2.29. The molecule has 0 radical (unpaired) electrons. The van der Waals surface area contributed by atoms with Crippen LogP contribution in [0.5, 0.6) is 0 Å². The van der Waals surface area contributed by atoms with Crippen molar-refractivity contribution in [1.29, 1.82) is 0 Å². The minimum absolute atomic E-state index is 0.0585. The molecule has 0 saturated carbocycles. The highest BCUT2D eigenvalue weighted by atomic mass is 16.2. The Morgan fingerprint density at radius 3 is 2.09 bits per heavy atom. The standard InChI is InChI=1S/C18H18N2O3/c1-3-13-6-4-5-7-16(13)20-18(23)17(22)19-15-10-8-14(9-11-15)12(2)21/h4-11H,3H2,1-2H3,(H,19,22)(H,20,23). The van der Waals surface area contributed by atoms with E-state index >= 15 is 0 Å². The minimum Gasteiger partial charge on any atom is -0.318 e. The minimum atomic E-state index is -0.758. The summed E-state index contributed by atoms with van der Waals surface area (Å²) in [5.41, 5.74) is 2.59. The molecule has 0 atom stereocenters. The summed E-state index contributed by atoms with van der Waals surface area (Å²) in [4.78, 5) is 35.1. The molecule has 0 aliphatic rings. The van der Waals surface area contributed by atoms with Crippen molar-refractivity contribution in [2.45, 2.75) is 20.3 Å². The van der Waals surface area contributed by atoms with Gasteiger partial charge in [-0.3, -0.25) is 14.4 Å². The molecule has 5 heteroatoms. The maximum absolute atomic E-state index is 12.0. The third-order valence-corrected chi connectivity index (χ3v) is 3.40. The van der Waals surface area contributed by atoms with E-state index in [-0.39, 0.29) is 5.78 Å². The molecule has 2 rings (SSSR count). The largest absolute Gasteiger partial charge is 0.318 e. The molecule has 0 unspecified atom stereocenters. The highest BCUT2D eigenvalue weighted by Gasteiger charge is 2.15. The van der Waals surface area contributed by atoms with Gasteiger partial charge in [0.05, 0.1) is 0 Å². The van der Waals surface area contributed by atoms with Crippen LogP contribution in [0.4, 0.5) is 11.4 Å². The Morgan fingerprint density at radius 1 is 0.870 bits per heavy atom. The van der Waals surface area contributed by atoms with Gasteiger partial charge in [-0.25, -0.2) is 0 Å². The first-order valence-corrected chi connectivity index (χ1v) is 7.32. The summed E-state index contributed by atoms with van der Waals surface area (Å²) in [6, 6.07) is 13.7. The van der Waals surface area contributed by atoms with Crippen molar-refractivity contribution in [3.8, 4) is 0 Å². The molecule has 118 valence electrons. The number of hydrogen-bond donors (Lipinski definition) is 2. The van der Waals surface area contributed by atoms with Gasteiger partial charge < -0.3 is 10.6 Å². The monoisotopic (exact) mass is 310 g/mol. The quantitative estimate of drug-likeness (QED) is 0.673. The Morgan fingerprint density at radius 2 is 1.48 bits per heavy atom. The number of benzene rings is 2. The number of hydrogen-bond acceptors (Lipinski definition) is 3. The van der Waals surface area contributed by atoms with Crippen LogP contribution in [0.2, 0.25) is 0 Å². The summed E-state index contributed by atoms with van der Waals surface area (Å²) < 4.78 is 0. The van der Waals surface area contributed by atoms with Gasteiger partial charge in [0.15, 0.2) is 5.78 Å². The number of ketones is 1. The number of anilines is 2. The first-order chi connectivity index (χ1) is 11.0. The topological polar surface area (TPSA) is 75.3 Å². The van der Waals surface area contributed by atoms with Crippen LogP contribution in [0, 0.1) is 0 Å². The molecule has 0 heterocycles. The molecule has 0 spiro atoms. The van der Waals surface area contributed by atoms with E-state index in [4.69, 9.17) is 0 Å². The van der Waals surface area contributed by atoms with E-state index in [0.717, 1.165) is 12.0 Å². The zero-order valence-corrected chi connectivity index (χ0v) is 13.1. The van der Waals surface area contributed by atoms with Crippen LogP contribution in [0.25, 0.3) is 0 Å². The Kier molecular flexibility index (Phi) is 5.25. The van der Waals surface area contributed by atoms with Gasteiger partial charge in [0, 0.05) is 16.9 Å². The van der Waals surface area contributed by atoms with Gasteiger partial charge in [-0.05, 0) is 49.2 Å². The fraction of sp³-hybridized carbons (Fsp3) is 0.167. The van der Waals surface area contributed by atoms with Crippen LogP contribution in [-0.2, 0) is 16.0 Å². The van der Waals surface area contributed by atoms with Crippen LogP contribution in [0.1, 0.15) is 29.8 Å².